The van der Waals surface area contributed by atoms with Crippen LogP contribution in [0.3, 0.4) is 0 Å². The lowest BCUT2D eigenvalue weighted by Crippen LogP contribution is -2.46. The molecule has 1 aromatic rings. The smallest absolute Gasteiger partial charge is 0.236 e. The number of anilines is 1. The maximum absolute atomic E-state index is 13.0. The molecular weight excluding hydrogens is 392 g/mol. The Bertz CT molecular complexity index is 821. The zero-order valence-electron chi connectivity index (χ0n) is 19.2. The first-order valence-electron chi connectivity index (χ1n) is 11.8. The minimum Gasteiger partial charge on any atom is -0.373 e. The number of hydrogen-bond acceptors (Lipinski definition) is 6. The van der Waals surface area contributed by atoms with Crippen LogP contribution in [0, 0.1) is 5.92 Å². The highest BCUT2D eigenvalue weighted by Crippen LogP contribution is 2.32. The predicted molar refractivity (Wildman–Crippen MR) is 120 cm³/mol. The van der Waals surface area contributed by atoms with Gasteiger partial charge in [-0.15, -0.1) is 0 Å². The second-order valence-corrected chi connectivity index (χ2v) is 9.34. The molecule has 0 aliphatic carbocycles. The van der Waals surface area contributed by atoms with E-state index >= 15 is 0 Å². The molecule has 31 heavy (non-hydrogen) atoms. The summed E-state index contributed by atoms with van der Waals surface area (Å²) in [4.78, 5) is 40.9. The Balaban J connectivity index is 1.54. The molecule has 8 nitrogen and oxygen atoms in total. The SMILES string of the molecule is CNc1nc([C@@H]2CCCCN2CC(=O)N2CCC(C)CC2)nc2c1CCN(C(C)=O)C2. The molecular formula is C23H36N6O2. The molecule has 170 valence electrons. The van der Waals surface area contributed by atoms with Gasteiger partial charge in [0.2, 0.25) is 11.8 Å². The lowest BCUT2D eigenvalue weighted by Gasteiger charge is -2.37. The summed E-state index contributed by atoms with van der Waals surface area (Å²) >= 11 is 0. The summed E-state index contributed by atoms with van der Waals surface area (Å²) in [7, 11) is 1.89. The van der Waals surface area contributed by atoms with Crippen LogP contribution in [0.1, 0.15) is 69.1 Å². The highest BCUT2D eigenvalue weighted by atomic mass is 16.2. The summed E-state index contributed by atoms with van der Waals surface area (Å²) in [6.07, 6.45) is 6.14. The van der Waals surface area contributed by atoms with Crippen molar-refractivity contribution in [2.45, 2.75) is 65.0 Å². The Morgan fingerprint density at radius 3 is 2.52 bits per heavy atom. The fourth-order valence-corrected chi connectivity index (χ4v) is 5.08. The molecule has 0 radical (unpaired) electrons. The Labute approximate surface area is 185 Å². The topological polar surface area (TPSA) is 81.7 Å². The van der Waals surface area contributed by atoms with E-state index in [0.717, 1.165) is 81.1 Å². The first kappa shape index (κ1) is 22.0. The average molecular weight is 429 g/mol. The molecule has 2 fully saturated rings. The number of amides is 2. The lowest BCUT2D eigenvalue weighted by molar-refractivity contribution is -0.135. The van der Waals surface area contributed by atoms with Crippen LogP contribution >= 0.6 is 0 Å². The van der Waals surface area contributed by atoms with Crippen molar-refractivity contribution in [3.8, 4) is 0 Å². The first-order chi connectivity index (χ1) is 15.0. The van der Waals surface area contributed by atoms with Crippen molar-refractivity contribution in [3.05, 3.63) is 17.1 Å². The van der Waals surface area contributed by atoms with Crippen LogP contribution < -0.4 is 5.32 Å². The van der Waals surface area contributed by atoms with Crippen LogP contribution in [0.4, 0.5) is 5.82 Å². The molecule has 3 aliphatic heterocycles. The lowest BCUT2D eigenvalue weighted by atomic mass is 9.98. The van der Waals surface area contributed by atoms with Crippen molar-refractivity contribution in [1.82, 2.24) is 24.7 Å². The highest BCUT2D eigenvalue weighted by Gasteiger charge is 2.32. The van der Waals surface area contributed by atoms with Crippen LogP contribution in [0.2, 0.25) is 0 Å². The molecule has 0 aromatic carbocycles. The van der Waals surface area contributed by atoms with E-state index in [1.807, 2.05) is 16.8 Å². The van der Waals surface area contributed by atoms with Crippen molar-refractivity contribution in [1.29, 1.82) is 0 Å². The number of aromatic nitrogens is 2. The first-order valence-corrected chi connectivity index (χ1v) is 11.8. The van der Waals surface area contributed by atoms with Gasteiger partial charge in [-0.3, -0.25) is 14.5 Å². The molecule has 0 unspecified atom stereocenters. The number of carbonyl (C=O) groups is 2. The van der Waals surface area contributed by atoms with Crippen LogP contribution in [-0.4, -0.2) is 76.3 Å². The molecule has 2 amide bonds. The number of nitrogens with one attached hydrogen (secondary N) is 1. The fraction of sp³-hybridized carbons (Fsp3) is 0.739. The molecule has 1 N–H and O–H groups in total. The number of carbonyl (C=O) groups excluding carboxylic acids is 2. The second-order valence-electron chi connectivity index (χ2n) is 9.34. The molecule has 0 bridgehead atoms. The van der Waals surface area contributed by atoms with E-state index in [0.29, 0.717) is 25.6 Å². The fourth-order valence-electron chi connectivity index (χ4n) is 5.08. The number of likely N-dealkylation sites (tertiary alicyclic amines) is 2. The van der Waals surface area contributed by atoms with Gasteiger partial charge >= 0.3 is 0 Å². The van der Waals surface area contributed by atoms with Crippen molar-refractivity contribution < 1.29 is 9.59 Å². The molecule has 3 aliphatic rings. The molecule has 0 saturated carbocycles. The standard InChI is InChI=1S/C23H36N6O2/c1-16-7-11-27(12-8-16)21(31)15-29-10-5-4-6-20(29)23-25-19-14-28(17(2)30)13-9-18(19)22(24-3)26-23/h16,20H,4-15H2,1-3H3,(H,24,25,26)/t20-/m0/s1. The number of fused-ring (bicyclic) bond motifs is 1. The quantitative estimate of drug-likeness (QED) is 0.792. The van der Waals surface area contributed by atoms with E-state index in [1.165, 1.54) is 0 Å². The van der Waals surface area contributed by atoms with Crippen molar-refractivity contribution in [3.63, 3.8) is 0 Å². The van der Waals surface area contributed by atoms with Gasteiger partial charge in [0.05, 0.1) is 24.8 Å². The van der Waals surface area contributed by atoms with Gasteiger partial charge < -0.3 is 15.1 Å². The molecule has 8 heteroatoms. The summed E-state index contributed by atoms with van der Waals surface area (Å²) in [6.45, 7) is 8.20. The molecule has 4 rings (SSSR count). The Kier molecular flexibility index (Phi) is 6.74. The average Bonchev–Trinajstić information content (AvgIpc) is 2.78. The minimum atomic E-state index is 0.0477. The van der Waals surface area contributed by atoms with E-state index in [9.17, 15) is 9.59 Å². The molecule has 4 heterocycles. The molecule has 2 saturated heterocycles. The van der Waals surface area contributed by atoms with Crippen molar-refractivity contribution >= 4 is 17.6 Å². The minimum absolute atomic E-state index is 0.0477. The predicted octanol–water partition coefficient (Wildman–Crippen LogP) is 2.21. The van der Waals surface area contributed by atoms with Crippen LogP contribution in [0.25, 0.3) is 0 Å². The van der Waals surface area contributed by atoms with Crippen molar-refractivity contribution in [2.24, 2.45) is 5.92 Å². The van der Waals surface area contributed by atoms with Crippen molar-refractivity contribution in [2.75, 3.05) is 45.1 Å². The third kappa shape index (κ3) is 4.84. The van der Waals surface area contributed by atoms with Gasteiger partial charge in [-0.05, 0) is 44.6 Å². The van der Waals surface area contributed by atoms with Gasteiger partial charge in [-0.2, -0.15) is 0 Å². The van der Waals surface area contributed by atoms with Gasteiger partial charge in [0.1, 0.15) is 11.6 Å². The third-order valence-corrected chi connectivity index (χ3v) is 7.15. The largest absolute Gasteiger partial charge is 0.373 e. The van der Waals surface area contributed by atoms with Gasteiger partial charge in [0, 0.05) is 39.2 Å². The Hall–Kier alpha value is -2.22. The zero-order chi connectivity index (χ0) is 22.0. The van der Waals surface area contributed by atoms with E-state index in [4.69, 9.17) is 9.97 Å². The number of piperidine rings is 2. The summed E-state index contributed by atoms with van der Waals surface area (Å²) in [5, 5.41) is 3.24. The van der Waals surface area contributed by atoms with Gasteiger partial charge in [-0.25, -0.2) is 9.97 Å². The van der Waals surface area contributed by atoms with Gasteiger partial charge in [0.15, 0.2) is 0 Å². The number of rotatable bonds is 4. The van der Waals surface area contributed by atoms with Crippen LogP contribution in [0.15, 0.2) is 0 Å². The van der Waals surface area contributed by atoms with E-state index in [2.05, 4.69) is 17.1 Å². The summed E-state index contributed by atoms with van der Waals surface area (Å²) in [5.74, 6) is 2.68. The maximum atomic E-state index is 13.0. The van der Waals surface area contributed by atoms with Crippen LogP contribution in [-0.2, 0) is 22.6 Å². The Morgan fingerprint density at radius 1 is 1.03 bits per heavy atom. The molecule has 1 aromatic heterocycles. The monoisotopic (exact) mass is 428 g/mol. The summed E-state index contributed by atoms with van der Waals surface area (Å²) in [5.41, 5.74) is 2.06. The third-order valence-electron chi connectivity index (χ3n) is 7.15. The van der Waals surface area contributed by atoms with Gasteiger partial charge in [-0.1, -0.05) is 13.3 Å². The highest BCUT2D eigenvalue weighted by molar-refractivity contribution is 5.78. The van der Waals surface area contributed by atoms with E-state index in [-0.39, 0.29) is 17.9 Å². The summed E-state index contributed by atoms with van der Waals surface area (Å²) in [6, 6.07) is 0.0477. The maximum Gasteiger partial charge on any atom is 0.236 e. The Morgan fingerprint density at radius 2 is 1.81 bits per heavy atom. The second kappa shape index (κ2) is 9.51. The van der Waals surface area contributed by atoms with Gasteiger partial charge in [0.25, 0.3) is 0 Å². The van der Waals surface area contributed by atoms with Crippen LogP contribution in [0.5, 0.6) is 0 Å². The van der Waals surface area contributed by atoms with E-state index < -0.39 is 0 Å². The number of nitrogens with zero attached hydrogens (tertiary/aromatic N) is 5. The normalized spacial score (nSPS) is 22.9. The van der Waals surface area contributed by atoms with E-state index in [1.54, 1.807) is 6.92 Å². The molecule has 1 atom stereocenters. The number of hydrogen-bond donors (Lipinski definition) is 1. The summed E-state index contributed by atoms with van der Waals surface area (Å²) < 4.78 is 0. The zero-order valence-corrected chi connectivity index (χ0v) is 19.2. The molecule has 0 spiro atoms.